The predicted octanol–water partition coefficient (Wildman–Crippen LogP) is 0.614. The summed E-state index contributed by atoms with van der Waals surface area (Å²) in [6.45, 7) is 0. The maximum atomic E-state index is 10.2. The van der Waals surface area contributed by atoms with Gasteiger partial charge in [0.05, 0.1) is 0 Å². The van der Waals surface area contributed by atoms with Gasteiger partial charge < -0.3 is 5.73 Å². The van der Waals surface area contributed by atoms with Crippen LogP contribution in [-0.2, 0) is 4.79 Å². The van der Waals surface area contributed by atoms with Crippen LogP contribution in [-0.4, -0.2) is 12.3 Å². The zero-order valence-electron chi connectivity index (χ0n) is 5.47. The molecule has 0 spiro atoms. The molecular weight excluding hydrogens is 114 g/mol. The van der Waals surface area contributed by atoms with Gasteiger partial charge in [0.2, 0.25) is 6.29 Å². The van der Waals surface area contributed by atoms with Gasteiger partial charge in [-0.15, -0.1) is 0 Å². The molecule has 9 heavy (non-hydrogen) atoms. The molecule has 0 bridgehead atoms. The van der Waals surface area contributed by atoms with E-state index in [1.807, 2.05) is 6.29 Å². The van der Waals surface area contributed by atoms with E-state index in [0.717, 1.165) is 19.3 Å². The van der Waals surface area contributed by atoms with Crippen LogP contribution in [0.4, 0.5) is 0 Å². The fourth-order valence-electron chi connectivity index (χ4n) is 1.31. The lowest BCUT2D eigenvalue weighted by molar-refractivity contribution is 0.365. The van der Waals surface area contributed by atoms with Gasteiger partial charge in [0, 0.05) is 12.0 Å². The second-order valence-corrected chi connectivity index (χ2v) is 2.67. The van der Waals surface area contributed by atoms with Crippen molar-refractivity contribution in [2.75, 3.05) is 0 Å². The van der Waals surface area contributed by atoms with Gasteiger partial charge in [-0.1, -0.05) is 12.8 Å². The van der Waals surface area contributed by atoms with Gasteiger partial charge in [-0.05, 0) is 12.8 Å². The third-order valence-electron chi connectivity index (χ3n) is 1.97. The van der Waals surface area contributed by atoms with E-state index in [0.29, 0.717) is 0 Å². The smallest absolute Gasteiger partial charge is 0.203 e. The van der Waals surface area contributed by atoms with E-state index in [-0.39, 0.29) is 12.0 Å². The Balaban J connectivity index is 2.38. The summed E-state index contributed by atoms with van der Waals surface area (Å²) in [7, 11) is 0. The molecule has 2 nitrogen and oxygen atoms in total. The first-order valence-electron chi connectivity index (χ1n) is 3.48. The maximum absolute atomic E-state index is 10.2. The predicted molar refractivity (Wildman–Crippen MR) is 35.6 cm³/mol. The lowest BCUT2D eigenvalue weighted by Crippen LogP contribution is -2.33. The minimum Gasteiger partial charge on any atom is -0.327 e. The van der Waals surface area contributed by atoms with Gasteiger partial charge in [-0.25, -0.2) is 0 Å². The van der Waals surface area contributed by atoms with Crippen molar-refractivity contribution >= 4 is 6.29 Å². The van der Waals surface area contributed by atoms with Crippen molar-refractivity contribution in [3.63, 3.8) is 0 Å². The Morgan fingerprint density at radius 1 is 1.33 bits per heavy atom. The molecular formula is C7H12NO. The monoisotopic (exact) mass is 126 g/mol. The summed E-state index contributed by atoms with van der Waals surface area (Å²) in [5.41, 5.74) is 5.63. The van der Waals surface area contributed by atoms with Crippen LogP contribution in [0.25, 0.3) is 0 Å². The average molecular weight is 126 g/mol. The Kier molecular flexibility index (Phi) is 2.22. The van der Waals surface area contributed by atoms with Crippen LogP contribution in [0, 0.1) is 5.92 Å². The molecule has 2 atom stereocenters. The molecule has 2 heteroatoms. The molecule has 0 heterocycles. The maximum Gasteiger partial charge on any atom is 0.203 e. The van der Waals surface area contributed by atoms with Crippen molar-refractivity contribution in [3.05, 3.63) is 0 Å². The molecule has 0 saturated heterocycles. The summed E-state index contributed by atoms with van der Waals surface area (Å²) in [5.74, 6) is 0.0266. The lowest BCUT2D eigenvalue weighted by atomic mass is 9.86. The van der Waals surface area contributed by atoms with E-state index in [2.05, 4.69) is 0 Å². The molecule has 0 aliphatic heterocycles. The van der Waals surface area contributed by atoms with Crippen LogP contribution in [0.1, 0.15) is 25.7 Å². The zero-order valence-corrected chi connectivity index (χ0v) is 5.47. The summed E-state index contributed by atoms with van der Waals surface area (Å²) < 4.78 is 0. The van der Waals surface area contributed by atoms with Crippen molar-refractivity contribution in [2.24, 2.45) is 11.7 Å². The first kappa shape index (κ1) is 6.75. The second-order valence-electron chi connectivity index (χ2n) is 2.67. The van der Waals surface area contributed by atoms with Gasteiger partial charge in [0.15, 0.2) is 0 Å². The highest BCUT2D eigenvalue weighted by Gasteiger charge is 2.21. The van der Waals surface area contributed by atoms with Crippen LogP contribution in [0.5, 0.6) is 0 Å². The quantitative estimate of drug-likeness (QED) is 0.559. The molecule has 0 unspecified atom stereocenters. The summed E-state index contributed by atoms with van der Waals surface area (Å²) in [5, 5.41) is 0. The highest BCUT2D eigenvalue weighted by molar-refractivity contribution is 5.55. The second kappa shape index (κ2) is 2.97. The van der Waals surface area contributed by atoms with Crippen LogP contribution >= 0.6 is 0 Å². The van der Waals surface area contributed by atoms with Crippen molar-refractivity contribution in [3.8, 4) is 0 Å². The highest BCUT2D eigenvalue weighted by Crippen LogP contribution is 2.20. The molecule has 2 N–H and O–H groups in total. The SMILES string of the molecule is N[C@@H]1CCCC[C@@H]1[C]=O. The van der Waals surface area contributed by atoms with Crippen LogP contribution < -0.4 is 5.73 Å². The number of rotatable bonds is 1. The van der Waals surface area contributed by atoms with Crippen molar-refractivity contribution < 1.29 is 4.79 Å². The van der Waals surface area contributed by atoms with E-state index < -0.39 is 0 Å². The summed E-state index contributed by atoms with van der Waals surface area (Å²) >= 11 is 0. The summed E-state index contributed by atoms with van der Waals surface area (Å²) in [6, 6.07) is 0.0937. The first-order valence-corrected chi connectivity index (χ1v) is 3.48. The molecule has 0 amide bonds. The van der Waals surface area contributed by atoms with Gasteiger partial charge in [0.1, 0.15) is 0 Å². The average Bonchev–Trinajstić information content (AvgIpc) is 1.89. The normalized spacial score (nSPS) is 36.1. The third kappa shape index (κ3) is 1.52. The topological polar surface area (TPSA) is 43.1 Å². The van der Waals surface area contributed by atoms with Gasteiger partial charge in [-0.3, -0.25) is 4.79 Å². The Hall–Kier alpha value is -0.370. The lowest BCUT2D eigenvalue weighted by Gasteiger charge is -2.22. The number of nitrogens with two attached hydrogens (primary N) is 1. The minimum absolute atomic E-state index is 0.0266. The fourth-order valence-corrected chi connectivity index (χ4v) is 1.31. The summed E-state index contributed by atoms with van der Waals surface area (Å²) in [6.07, 6.45) is 6.25. The van der Waals surface area contributed by atoms with E-state index in [9.17, 15) is 4.79 Å². The van der Waals surface area contributed by atoms with Gasteiger partial charge >= 0.3 is 0 Å². The van der Waals surface area contributed by atoms with E-state index in [1.54, 1.807) is 0 Å². The molecule has 51 valence electrons. The number of carbonyl (C=O) groups excluding carboxylic acids is 1. The van der Waals surface area contributed by atoms with Crippen LogP contribution in [0.15, 0.2) is 0 Å². The first-order chi connectivity index (χ1) is 4.34. The van der Waals surface area contributed by atoms with Crippen LogP contribution in [0.3, 0.4) is 0 Å². The fraction of sp³-hybridized carbons (Fsp3) is 0.857. The molecule has 1 radical (unpaired) electrons. The molecule has 1 rings (SSSR count). The van der Waals surface area contributed by atoms with Gasteiger partial charge in [0.25, 0.3) is 0 Å². The molecule has 0 aromatic rings. The van der Waals surface area contributed by atoms with Gasteiger partial charge in [-0.2, -0.15) is 0 Å². The minimum atomic E-state index is 0.0266. The van der Waals surface area contributed by atoms with Crippen molar-refractivity contribution in [1.82, 2.24) is 0 Å². The Morgan fingerprint density at radius 2 is 2.00 bits per heavy atom. The molecule has 1 fully saturated rings. The largest absolute Gasteiger partial charge is 0.327 e. The molecule has 1 saturated carbocycles. The van der Waals surface area contributed by atoms with E-state index in [4.69, 9.17) is 5.73 Å². The van der Waals surface area contributed by atoms with E-state index in [1.165, 1.54) is 6.42 Å². The molecule has 1 aliphatic rings. The molecule has 1 aliphatic carbocycles. The summed E-state index contributed by atoms with van der Waals surface area (Å²) in [4.78, 5) is 10.2. The van der Waals surface area contributed by atoms with Crippen molar-refractivity contribution in [1.29, 1.82) is 0 Å². The molecule has 0 aromatic heterocycles. The Labute approximate surface area is 55.4 Å². The van der Waals surface area contributed by atoms with Crippen molar-refractivity contribution in [2.45, 2.75) is 31.7 Å². The standard InChI is InChI=1S/C7H12NO/c8-7-4-2-1-3-6(7)5-9/h6-7H,1-4,8H2/t6-,7-/m1/s1. The zero-order chi connectivity index (χ0) is 6.69. The van der Waals surface area contributed by atoms with Crippen LogP contribution in [0.2, 0.25) is 0 Å². The number of hydrogen-bond donors (Lipinski definition) is 1. The number of hydrogen-bond acceptors (Lipinski definition) is 2. The van der Waals surface area contributed by atoms with E-state index >= 15 is 0 Å². The Bertz CT molecular complexity index is 103. The highest BCUT2D eigenvalue weighted by atomic mass is 16.1. The molecule has 0 aromatic carbocycles. The Morgan fingerprint density at radius 3 is 2.44 bits per heavy atom. The third-order valence-corrected chi connectivity index (χ3v) is 1.97.